The van der Waals surface area contributed by atoms with Crippen LogP contribution < -0.4 is 5.11 Å². The molecule has 4 saturated carbocycles. The average Bonchev–Trinajstić information content (AvgIpc) is 2.99. The number of carbonyl (C=O) groups excluding carboxylic acids is 2. The van der Waals surface area contributed by atoms with E-state index >= 15 is 0 Å². The first kappa shape index (κ1) is 34.3. The second kappa shape index (κ2) is 11.0. The van der Waals surface area contributed by atoms with Crippen molar-refractivity contribution >= 4 is 11.9 Å². The smallest absolute Gasteiger partial charge is 0.315 e. The zero-order valence-electron chi connectivity index (χ0n) is 28.3. The number of esters is 1. The average molecular weight is 648 g/mol. The third kappa shape index (κ3) is 4.49. The molecule has 0 aromatic rings. The predicted octanol–water partition coefficient (Wildman–Crippen LogP) is 2.22. The van der Waals surface area contributed by atoms with Crippen molar-refractivity contribution in [1.29, 1.82) is 0 Å². The summed E-state index contributed by atoms with van der Waals surface area (Å²) >= 11 is 0. The molecule has 46 heavy (non-hydrogen) atoms. The lowest BCUT2D eigenvalue weighted by Gasteiger charge is -2.71. The fourth-order valence-corrected chi connectivity index (χ4v) is 12.0. The zero-order valence-corrected chi connectivity index (χ0v) is 28.3. The number of ether oxygens (including phenoxy) is 2. The van der Waals surface area contributed by atoms with E-state index in [-0.39, 0.29) is 39.4 Å². The molecular weight excluding hydrogens is 592 g/mol. The standard InChI is InChI=1S/C36H56O10/c1-31(2)13-15-36(30(44)46-28-27(41)26(40)25(39)21(18-37)45-28)16-14-33(4)19(20(36)17-31)7-8-22-32(3)11-10-24(38)35(6,29(42)43)23(32)9-12-34(22,33)5/h7,20-28,37-41H,8-18H2,1-6H3,(H,42,43)/p-1/t20-,21+,22+,23+,24-,25+,26-,27+,28+,32+,33+,34+,35-,36-/m0/s1. The maximum Gasteiger partial charge on any atom is 0.315 e. The fourth-order valence-electron chi connectivity index (χ4n) is 12.0. The maximum absolute atomic E-state index is 14.4. The third-order valence-corrected chi connectivity index (χ3v) is 15.2. The Hall–Kier alpha value is -1.56. The van der Waals surface area contributed by atoms with Crippen LogP contribution in [0.2, 0.25) is 0 Å². The quantitative estimate of drug-likeness (QED) is 0.225. The summed E-state index contributed by atoms with van der Waals surface area (Å²) in [5.41, 5.74) is -1.61. The molecule has 0 aromatic heterocycles. The summed E-state index contributed by atoms with van der Waals surface area (Å²) in [6.45, 7) is 12.5. The summed E-state index contributed by atoms with van der Waals surface area (Å²) in [7, 11) is 0. The molecule has 10 heteroatoms. The van der Waals surface area contributed by atoms with Gasteiger partial charge in [0.15, 0.2) is 0 Å². The van der Waals surface area contributed by atoms with E-state index in [1.807, 2.05) is 0 Å². The van der Waals surface area contributed by atoms with Gasteiger partial charge in [0.2, 0.25) is 6.29 Å². The van der Waals surface area contributed by atoms with Crippen LogP contribution >= 0.6 is 0 Å². The highest BCUT2D eigenvalue weighted by atomic mass is 16.7. The minimum atomic E-state index is -1.66. The van der Waals surface area contributed by atoms with Crippen LogP contribution in [0.3, 0.4) is 0 Å². The lowest BCUT2D eigenvalue weighted by molar-refractivity contribution is -0.335. The molecule has 14 atom stereocenters. The molecule has 0 radical (unpaired) electrons. The summed E-state index contributed by atoms with van der Waals surface area (Å²) in [6, 6.07) is 0. The number of aliphatic carboxylic acids is 1. The van der Waals surface area contributed by atoms with E-state index in [1.54, 1.807) is 6.92 Å². The summed E-state index contributed by atoms with van der Waals surface area (Å²) in [5.74, 6) is -1.76. The van der Waals surface area contributed by atoms with Crippen LogP contribution in [0.15, 0.2) is 11.6 Å². The Balaban J connectivity index is 1.36. The normalized spacial score (nSPS) is 53.0. The second-order valence-corrected chi connectivity index (χ2v) is 17.6. The highest BCUT2D eigenvalue weighted by molar-refractivity contribution is 5.79. The topological polar surface area (TPSA) is 177 Å². The molecule has 1 heterocycles. The lowest BCUT2D eigenvalue weighted by Crippen LogP contribution is -2.68. The van der Waals surface area contributed by atoms with Gasteiger partial charge in [-0.1, -0.05) is 53.2 Å². The van der Waals surface area contributed by atoms with Gasteiger partial charge in [-0.25, -0.2) is 0 Å². The molecule has 0 unspecified atom stereocenters. The first-order valence-corrected chi connectivity index (χ1v) is 17.4. The Bertz CT molecular complexity index is 1280. The lowest BCUT2D eigenvalue weighted by atomic mass is 9.33. The summed E-state index contributed by atoms with van der Waals surface area (Å²) in [5, 5.41) is 64.5. The van der Waals surface area contributed by atoms with Crippen LogP contribution in [0, 0.1) is 50.2 Å². The number of carbonyl (C=O) groups is 2. The number of rotatable bonds is 4. The van der Waals surface area contributed by atoms with Crippen molar-refractivity contribution in [2.45, 2.75) is 143 Å². The maximum atomic E-state index is 14.4. The highest BCUT2D eigenvalue weighted by Crippen LogP contribution is 2.75. The third-order valence-electron chi connectivity index (χ3n) is 15.2. The molecular formula is C36H55O10-. The first-order chi connectivity index (χ1) is 21.3. The zero-order chi connectivity index (χ0) is 33.8. The van der Waals surface area contributed by atoms with Crippen molar-refractivity contribution in [3.63, 3.8) is 0 Å². The van der Waals surface area contributed by atoms with Crippen molar-refractivity contribution in [1.82, 2.24) is 0 Å². The summed E-state index contributed by atoms with van der Waals surface area (Å²) in [6.07, 6.45) is 0.905. The van der Waals surface area contributed by atoms with Gasteiger partial charge in [-0.3, -0.25) is 4.79 Å². The fraction of sp³-hybridized carbons (Fsp3) is 0.889. The van der Waals surface area contributed by atoms with E-state index in [2.05, 4.69) is 40.7 Å². The molecule has 5 N–H and O–H groups in total. The molecule has 6 rings (SSSR count). The van der Waals surface area contributed by atoms with E-state index in [0.29, 0.717) is 25.7 Å². The number of aliphatic hydroxyl groups is 5. The van der Waals surface area contributed by atoms with Gasteiger partial charge in [0.25, 0.3) is 0 Å². The largest absolute Gasteiger partial charge is 0.549 e. The second-order valence-electron chi connectivity index (χ2n) is 17.6. The number of hydrogen-bond donors (Lipinski definition) is 5. The van der Waals surface area contributed by atoms with Crippen LogP contribution in [0.5, 0.6) is 0 Å². The Labute approximate surface area is 272 Å². The van der Waals surface area contributed by atoms with Crippen molar-refractivity contribution in [2.75, 3.05) is 6.61 Å². The molecule has 5 fully saturated rings. The number of carboxylic acids is 1. The molecule has 1 aliphatic heterocycles. The van der Waals surface area contributed by atoms with Gasteiger partial charge < -0.3 is 44.9 Å². The molecule has 260 valence electrons. The van der Waals surface area contributed by atoms with E-state index in [0.717, 1.165) is 38.5 Å². The summed E-state index contributed by atoms with van der Waals surface area (Å²) in [4.78, 5) is 27.0. The molecule has 0 bridgehead atoms. The molecule has 0 spiro atoms. The number of allylic oxidation sites excluding steroid dienone is 2. The SMILES string of the molecule is CC1(C)CC[C@]2(C(=O)O[C@H]3O[C@H](CO)[C@@H](O)[C@H](O)[C@H]3O)CC[C@]3(C)C(=CC[C@@H]4[C@@]5(C)CC[C@H](O)[C@@](C)(C(=O)[O-])[C@@H]5CC[C@]43C)[C@@H]2C1. The minimum Gasteiger partial charge on any atom is -0.549 e. The van der Waals surface area contributed by atoms with Gasteiger partial charge in [-0.15, -0.1) is 0 Å². The Morgan fingerprint density at radius 2 is 1.57 bits per heavy atom. The van der Waals surface area contributed by atoms with Gasteiger partial charge in [0, 0.05) is 5.41 Å². The van der Waals surface area contributed by atoms with Crippen LogP contribution in [0.4, 0.5) is 0 Å². The van der Waals surface area contributed by atoms with Gasteiger partial charge in [0.05, 0.1) is 24.1 Å². The van der Waals surface area contributed by atoms with Crippen molar-refractivity contribution in [3.05, 3.63) is 11.6 Å². The van der Waals surface area contributed by atoms with E-state index in [4.69, 9.17) is 9.47 Å². The molecule has 0 aromatic carbocycles. The van der Waals surface area contributed by atoms with Gasteiger partial charge in [0.1, 0.15) is 24.4 Å². The number of aliphatic hydroxyl groups excluding tert-OH is 5. The summed E-state index contributed by atoms with van der Waals surface area (Å²) < 4.78 is 11.5. The van der Waals surface area contributed by atoms with Crippen molar-refractivity contribution in [2.24, 2.45) is 50.2 Å². The molecule has 6 aliphatic rings. The van der Waals surface area contributed by atoms with Crippen LogP contribution in [-0.4, -0.2) is 80.9 Å². The predicted molar refractivity (Wildman–Crippen MR) is 164 cm³/mol. The van der Waals surface area contributed by atoms with Gasteiger partial charge in [-0.05, 0) is 104 Å². The number of carboxylic acid groups (broad SMARTS) is 1. The molecule has 0 amide bonds. The minimum absolute atomic E-state index is 0.0200. The molecule has 5 aliphatic carbocycles. The number of hydrogen-bond acceptors (Lipinski definition) is 10. The Morgan fingerprint density at radius 1 is 0.891 bits per heavy atom. The van der Waals surface area contributed by atoms with Crippen molar-refractivity contribution in [3.8, 4) is 0 Å². The first-order valence-electron chi connectivity index (χ1n) is 17.4. The van der Waals surface area contributed by atoms with Crippen LogP contribution in [-0.2, 0) is 19.1 Å². The molecule has 10 nitrogen and oxygen atoms in total. The Morgan fingerprint density at radius 3 is 2.22 bits per heavy atom. The number of fused-ring (bicyclic) bond motifs is 7. The van der Waals surface area contributed by atoms with E-state index in [1.165, 1.54) is 5.57 Å². The van der Waals surface area contributed by atoms with Gasteiger partial charge in [-0.2, -0.15) is 0 Å². The van der Waals surface area contributed by atoms with Crippen LogP contribution in [0.1, 0.15) is 106 Å². The van der Waals surface area contributed by atoms with E-state index < -0.39 is 66.2 Å². The Kier molecular flexibility index (Phi) is 8.18. The van der Waals surface area contributed by atoms with Crippen LogP contribution in [0.25, 0.3) is 0 Å². The monoisotopic (exact) mass is 647 g/mol. The van der Waals surface area contributed by atoms with Gasteiger partial charge >= 0.3 is 5.97 Å². The van der Waals surface area contributed by atoms with E-state index in [9.17, 15) is 40.2 Å². The molecule has 1 saturated heterocycles. The van der Waals surface area contributed by atoms with Crippen molar-refractivity contribution < 1.29 is 49.7 Å². The highest BCUT2D eigenvalue weighted by Gasteiger charge is 2.70.